The number of carbonyl (C=O) groups excluding carboxylic acids is 3. The maximum absolute atomic E-state index is 12.8. The molecule has 0 aliphatic rings. The molecule has 0 saturated heterocycles. The van der Waals surface area contributed by atoms with Gasteiger partial charge in [-0.15, -0.1) is 0 Å². The van der Waals surface area contributed by atoms with Crippen LogP contribution in [0.4, 0.5) is 0 Å². The Labute approximate surface area is 399 Å². The van der Waals surface area contributed by atoms with E-state index in [2.05, 4.69) is 34.6 Å². The predicted molar refractivity (Wildman–Crippen MR) is 275 cm³/mol. The Bertz CT molecular complexity index is 978. The molecular formula is C58H112O6. The molecule has 0 fully saturated rings. The van der Waals surface area contributed by atoms with Crippen molar-refractivity contribution in [3.05, 3.63) is 0 Å². The highest BCUT2D eigenvalue weighted by Gasteiger charge is 2.19. The molecule has 0 heterocycles. The fraction of sp³-hybridized carbons (Fsp3) is 0.948. The third-order valence-electron chi connectivity index (χ3n) is 13.2. The first kappa shape index (κ1) is 62.4. The van der Waals surface area contributed by atoms with Gasteiger partial charge in [0.05, 0.1) is 0 Å². The molecule has 6 heteroatoms. The molecule has 0 bridgehead atoms. The summed E-state index contributed by atoms with van der Waals surface area (Å²) in [6, 6.07) is 0. The quantitative estimate of drug-likeness (QED) is 0.0344. The van der Waals surface area contributed by atoms with Crippen molar-refractivity contribution >= 4 is 17.9 Å². The van der Waals surface area contributed by atoms with Crippen LogP contribution in [-0.4, -0.2) is 37.2 Å². The van der Waals surface area contributed by atoms with E-state index in [9.17, 15) is 14.4 Å². The zero-order valence-corrected chi connectivity index (χ0v) is 43.9. The normalized spacial score (nSPS) is 12.0. The van der Waals surface area contributed by atoms with Crippen LogP contribution < -0.4 is 0 Å². The standard InChI is InChI=1S/C58H112O6/c1-6-7-8-9-10-11-12-13-14-15-16-20-23-26-29-32-38-43-48-56(59)62-51-55(52-63-57(60)49-44-39-35-34-37-42-47-54(4)5)64-58(61)50-45-40-33-30-27-24-21-18-17-19-22-25-28-31-36-41-46-53(2)3/h53-55H,6-52H2,1-5H3/t55-/m0/s1. The van der Waals surface area contributed by atoms with E-state index in [1.165, 1.54) is 212 Å². The Morgan fingerprint density at radius 3 is 0.766 bits per heavy atom. The molecule has 0 unspecified atom stereocenters. The lowest BCUT2D eigenvalue weighted by molar-refractivity contribution is -0.167. The van der Waals surface area contributed by atoms with Gasteiger partial charge in [-0.05, 0) is 31.1 Å². The van der Waals surface area contributed by atoms with E-state index in [4.69, 9.17) is 14.2 Å². The summed E-state index contributed by atoms with van der Waals surface area (Å²) in [6.07, 6.45) is 54.0. The highest BCUT2D eigenvalue weighted by atomic mass is 16.6. The van der Waals surface area contributed by atoms with Crippen LogP contribution in [-0.2, 0) is 28.6 Å². The van der Waals surface area contributed by atoms with Crippen molar-refractivity contribution < 1.29 is 28.6 Å². The monoisotopic (exact) mass is 905 g/mol. The van der Waals surface area contributed by atoms with Crippen molar-refractivity contribution in [3.8, 4) is 0 Å². The summed E-state index contributed by atoms with van der Waals surface area (Å²) < 4.78 is 16.8. The number of hydrogen-bond acceptors (Lipinski definition) is 6. The minimum Gasteiger partial charge on any atom is -0.462 e. The van der Waals surface area contributed by atoms with Crippen LogP contribution in [0.2, 0.25) is 0 Å². The van der Waals surface area contributed by atoms with Gasteiger partial charge in [0.2, 0.25) is 0 Å². The summed E-state index contributed by atoms with van der Waals surface area (Å²) in [5, 5.41) is 0. The van der Waals surface area contributed by atoms with Gasteiger partial charge in [-0.2, -0.15) is 0 Å². The molecule has 1 atom stereocenters. The Hall–Kier alpha value is -1.59. The third-order valence-corrected chi connectivity index (χ3v) is 13.2. The highest BCUT2D eigenvalue weighted by molar-refractivity contribution is 5.71. The lowest BCUT2D eigenvalue weighted by Crippen LogP contribution is -2.30. The fourth-order valence-electron chi connectivity index (χ4n) is 8.87. The lowest BCUT2D eigenvalue weighted by atomic mass is 10.0. The molecule has 0 spiro atoms. The molecule has 0 radical (unpaired) electrons. The molecule has 0 aromatic rings. The highest BCUT2D eigenvalue weighted by Crippen LogP contribution is 2.18. The summed E-state index contributed by atoms with van der Waals surface area (Å²) >= 11 is 0. The van der Waals surface area contributed by atoms with Gasteiger partial charge in [-0.25, -0.2) is 0 Å². The van der Waals surface area contributed by atoms with E-state index in [1.807, 2.05) is 0 Å². The maximum atomic E-state index is 12.8. The average Bonchev–Trinajstić information content (AvgIpc) is 3.27. The Morgan fingerprint density at radius 2 is 0.516 bits per heavy atom. The second kappa shape index (κ2) is 50.8. The first-order valence-electron chi connectivity index (χ1n) is 28.7. The molecule has 0 saturated carbocycles. The molecule has 0 rings (SSSR count). The average molecular weight is 906 g/mol. The number of unbranched alkanes of at least 4 members (excludes halogenated alkanes) is 37. The predicted octanol–water partition coefficient (Wildman–Crippen LogP) is 18.9. The van der Waals surface area contributed by atoms with Crippen LogP contribution >= 0.6 is 0 Å². The number of ether oxygens (including phenoxy) is 3. The lowest BCUT2D eigenvalue weighted by Gasteiger charge is -2.18. The van der Waals surface area contributed by atoms with Gasteiger partial charge in [0, 0.05) is 19.3 Å². The zero-order valence-electron chi connectivity index (χ0n) is 43.9. The topological polar surface area (TPSA) is 78.9 Å². The minimum atomic E-state index is -0.763. The van der Waals surface area contributed by atoms with Gasteiger partial charge in [0.1, 0.15) is 13.2 Å². The third kappa shape index (κ3) is 51.4. The van der Waals surface area contributed by atoms with Crippen LogP contribution in [0.15, 0.2) is 0 Å². The van der Waals surface area contributed by atoms with Crippen molar-refractivity contribution in [1.82, 2.24) is 0 Å². The van der Waals surface area contributed by atoms with E-state index >= 15 is 0 Å². The molecule has 0 aromatic heterocycles. The summed E-state index contributed by atoms with van der Waals surface area (Å²) in [7, 11) is 0. The first-order valence-corrected chi connectivity index (χ1v) is 28.7. The zero-order chi connectivity index (χ0) is 46.8. The summed E-state index contributed by atoms with van der Waals surface area (Å²) in [5.74, 6) is 0.769. The van der Waals surface area contributed by atoms with E-state index in [0.29, 0.717) is 19.3 Å². The smallest absolute Gasteiger partial charge is 0.306 e. The molecule has 0 aliphatic heterocycles. The van der Waals surface area contributed by atoms with Gasteiger partial charge in [0.15, 0.2) is 6.10 Å². The SMILES string of the molecule is CCCCCCCCCCCCCCCCCCCCC(=O)OC[C@@H](COC(=O)CCCCCCCCC(C)C)OC(=O)CCCCCCCCCCCCCCCCCCC(C)C. The maximum Gasteiger partial charge on any atom is 0.306 e. The van der Waals surface area contributed by atoms with Crippen LogP contribution in [0.5, 0.6) is 0 Å². The van der Waals surface area contributed by atoms with E-state index in [0.717, 1.165) is 69.6 Å². The van der Waals surface area contributed by atoms with E-state index in [-0.39, 0.29) is 31.1 Å². The minimum absolute atomic E-state index is 0.0636. The van der Waals surface area contributed by atoms with Crippen LogP contribution in [0.3, 0.4) is 0 Å². The second-order valence-electron chi connectivity index (χ2n) is 20.9. The Morgan fingerprint density at radius 1 is 0.297 bits per heavy atom. The van der Waals surface area contributed by atoms with Crippen molar-refractivity contribution in [3.63, 3.8) is 0 Å². The summed E-state index contributed by atoms with van der Waals surface area (Å²) in [4.78, 5) is 38.0. The van der Waals surface area contributed by atoms with Crippen molar-refractivity contribution in [1.29, 1.82) is 0 Å². The number of esters is 3. The van der Waals surface area contributed by atoms with Gasteiger partial charge in [-0.3, -0.25) is 14.4 Å². The van der Waals surface area contributed by atoms with Crippen LogP contribution in [0.1, 0.15) is 324 Å². The van der Waals surface area contributed by atoms with Gasteiger partial charge >= 0.3 is 17.9 Å². The van der Waals surface area contributed by atoms with Crippen LogP contribution in [0.25, 0.3) is 0 Å². The number of rotatable bonds is 52. The van der Waals surface area contributed by atoms with Gasteiger partial charge in [0.25, 0.3) is 0 Å². The summed E-state index contributed by atoms with van der Waals surface area (Å²) in [6.45, 7) is 11.3. The summed E-state index contributed by atoms with van der Waals surface area (Å²) in [5.41, 5.74) is 0. The second-order valence-corrected chi connectivity index (χ2v) is 20.9. The number of carbonyl (C=O) groups is 3. The molecule has 0 aromatic carbocycles. The Kier molecular flexibility index (Phi) is 49.6. The Balaban J connectivity index is 4.21. The van der Waals surface area contributed by atoms with Gasteiger partial charge in [-0.1, -0.05) is 285 Å². The van der Waals surface area contributed by atoms with Crippen molar-refractivity contribution in [2.45, 2.75) is 330 Å². The van der Waals surface area contributed by atoms with Crippen molar-refractivity contribution in [2.24, 2.45) is 11.8 Å². The molecule has 6 nitrogen and oxygen atoms in total. The molecule has 380 valence electrons. The molecule has 0 N–H and O–H groups in total. The molecule has 64 heavy (non-hydrogen) atoms. The largest absolute Gasteiger partial charge is 0.462 e. The first-order chi connectivity index (χ1) is 31.2. The molecule has 0 amide bonds. The fourth-order valence-corrected chi connectivity index (χ4v) is 8.87. The van der Waals surface area contributed by atoms with E-state index in [1.54, 1.807) is 0 Å². The van der Waals surface area contributed by atoms with Crippen molar-refractivity contribution in [2.75, 3.05) is 13.2 Å². The molecular weight excluding hydrogens is 793 g/mol. The number of hydrogen-bond donors (Lipinski definition) is 0. The van der Waals surface area contributed by atoms with Gasteiger partial charge < -0.3 is 14.2 Å². The molecule has 0 aliphatic carbocycles. The van der Waals surface area contributed by atoms with Crippen LogP contribution in [0, 0.1) is 11.8 Å². The van der Waals surface area contributed by atoms with E-state index < -0.39 is 6.10 Å².